The predicted octanol–water partition coefficient (Wildman–Crippen LogP) is 3.66. The summed E-state index contributed by atoms with van der Waals surface area (Å²) in [5.74, 6) is -0.597. The van der Waals surface area contributed by atoms with Crippen LogP contribution in [-0.4, -0.2) is 71.3 Å². The monoisotopic (exact) mass is 652 g/mol. The van der Waals surface area contributed by atoms with Gasteiger partial charge < -0.3 is 26.2 Å². The maximum absolute atomic E-state index is 12.4. The molecule has 4 rings (SSSR count). The van der Waals surface area contributed by atoms with Crippen molar-refractivity contribution in [1.29, 1.82) is 0 Å². The molecule has 1 heterocycles. The summed E-state index contributed by atoms with van der Waals surface area (Å²) in [6.45, 7) is 3.28. The molecule has 0 aliphatic rings. The van der Waals surface area contributed by atoms with Crippen LogP contribution < -0.4 is 16.0 Å². The van der Waals surface area contributed by atoms with Crippen molar-refractivity contribution in [3.63, 3.8) is 0 Å². The second-order valence-electron chi connectivity index (χ2n) is 9.30. The van der Waals surface area contributed by atoms with Crippen molar-refractivity contribution >= 4 is 77.3 Å². The number of nitrogens with one attached hydrogen (secondary N) is 1. The highest BCUT2D eigenvalue weighted by Crippen LogP contribution is 2.42. The second-order valence-corrected chi connectivity index (χ2v) is 12.4. The predicted molar refractivity (Wildman–Crippen MR) is 158 cm³/mol. The number of aromatic hydroxyl groups is 1. The van der Waals surface area contributed by atoms with Gasteiger partial charge in [-0.15, -0.1) is 10.2 Å². The van der Waals surface area contributed by atoms with Gasteiger partial charge in [0.15, 0.2) is 0 Å². The van der Waals surface area contributed by atoms with Crippen molar-refractivity contribution in [1.82, 2.24) is 15.0 Å². The third kappa shape index (κ3) is 6.90. The normalized spacial score (nSPS) is 12.3. The van der Waals surface area contributed by atoms with E-state index in [1.165, 1.54) is 18.0 Å². The lowest BCUT2D eigenvalue weighted by Crippen LogP contribution is -2.24. The van der Waals surface area contributed by atoms with Crippen LogP contribution in [0.25, 0.3) is 10.8 Å². The number of aryl methyl sites for hydroxylation is 2. The van der Waals surface area contributed by atoms with E-state index >= 15 is 0 Å². The summed E-state index contributed by atoms with van der Waals surface area (Å²) in [4.78, 5) is 11.4. The van der Waals surface area contributed by atoms with Gasteiger partial charge in [-0.05, 0) is 66.2 Å². The molecule has 0 aliphatic heterocycles. The Hall–Kier alpha value is -4.20. The van der Waals surface area contributed by atoms with Crippen LogP contribution in [0.1, 0.15) is 11.1 Å². The number of likely N-dealkylation sites (N-methyl/N-ethyl adjacent to an activating group) is 1. The summed E-state index contributed by atoms with van der Waals surface area (Å²) in [6, 6.07) is 6.22. The summed E-state index contributed by atoms with van der Waals surface area (Å²) in [5, 5.41) is 30.5. The van der Waals surface area contributed by atoms with E-state index in [1.807, 2.05) is 0 Å². The van der Waals surface area contributed by atoms with Crippen molar-refractivity contribution in [2.75, 3.05) is 36.1 Å². The van der Waals surface area contributed by atoms with E-state index in [1.54, 1.807) is 26.0 Å². The highest BCUT2D eigenvalue weighted by atomic mass is 35.5. The largest absolute Gasteiger partial charge is 0.507 e. The summed E-state index contributed by atoms with van der Waals surface area (Å²) in [5.41, 5.74) is 6.24. The number of aliphatic hydroxyl groups excluding tert-OH is 1. The molecule has 43 heavy (non-hydrogen) atoms. The Bertz CT molecular complexity index is 2010. The molecule has 19 heteroatoms. The molecule has 0 aliphatic carbocycles. The van der Waals surface area contributed by atoms with Gasteiger partial charge in [0.05, 0.1) is 23.4 Å². The van der Waals surface area contributed by atoms with E-state index in [2.05, 4.69) is 30.5 Å². The molecule has 0 amide bonds. The number of anilines is 4. The first-order chi connectivity index (χ1) is 20.0. The Kier molecular flexibility index (Phi) is 8.72. The third-order valence-corrected chi connectivity index (χ3v) is 8.02. The van der Waals surface area contributed by atoms with Gasteiger partial charge in [-0.1, -0.05) is 6.07 Å². The quantitative estimate of drug-likeness (QED) is 0.0857. The highest BCUT2D eigenvalue weighted by molar-refractivity contribution is 7.86. The number of aliphatic hydroxyl groups is 1. The lowest BCUT2D eigenvalue weighted by molar-refractivity contribution is 0.303. The van der Waals surface area contributed by atoms with E-state index in [-0.39, 0.29) is 52.8 Å². The molecule has 1 aromatic heterocycles. The van der Waals surface area contributed by atoms with Crippen molar-refractivity contribution in [3.8, 4) is 5.75 Å². The highest BCUT2D eigenvalue weighted by Gasteiger charge is 2.26. The lowest BCUT2D eigenvalue weighted by Gasteiger charge is -2.17. The number of nitrogens with zero attached hydrogens (tertiary/aromatic N) is 6. The van der Waals surface area contributed by atoms with Crippen LogP contribution in [0.4, 0.5) is 34.6 Å². The molecule has 0 saturated carbocycles. The first-order valence-corrected chi connectivity index (χ1v) is 15.3. The number of rotatable bonds is 9. The Morgan fingerprint density at radius 1 is 0.977 bits per heavy atom. The van der Waals surface area contributed by atoms with E-state index in [0.29, 0.717) is 23.1 Å². The van der Waals surface area contributed by atoms with Gasteiger partial charge in [0.2, 0.25) is 17.2 Å². The van der Waals surface area contributed by atoms with E-state index < -0.39 is 41.4 Å². The third-order valence-electron chi connectivity index (χ3n) is 6.08. The minimum Gasteiger partial charge on any atom is -0.507 e. The number of benzene rings is 3. The fourth-order valence-corrected chi connectivity index (χ4v) is 5.52. The standard InChI is InChI=1S/C24H25ClN8O8S2/c1-11-6-13-8-12(2)20(26)21(19(13)16(35)7-11)32-31-15-10-17(42(36,37)38)14(9-18(15)43(39,40)41)27-23-28-22(25)29-24(30-23)33(3)4-5-34/h6-10,34-35H,4-5,26H2,1-3H3,(H,36,37,38)(H,39,40,41)(H,27,28,29,30). The number of azo groups is 1. The molecule has 4 aromatic rings. The molecule has 3 aromatic carbocycles. The number of fused-ring (bicyclic) bond motifs is 1. The zero-order valence-corrected chi connectivity index (χ0v) is 25.1. The van der Waals surface area contributed by atoms with E-state index in [4.69, 9.17) is 17.3 Å². The molecule has 0 bridgehead atoms. The van der Waals surface area contributed by atoms with Gasteiger partial charge in [-0.2, -0.15) is 31.8 Å². The number of hydrogen-bond donors (Lipinski definition) is 6. The zero-order chi connectivity index (χ0) is 31.9. The fourth-order valence-electron chi connectivity index (χ4n) is 4.09. The number of phenols is 1. The number of nitrogens with two attached hydrogens (primary N) is 1. The van der Waals surface area contributed by atoms with Crippen LogP contribution in [0.3, 0.4) is 0 Å². The Balaban J connectivity index is 1.92. The van der Waals surface area contributed by atoms with Crippen molar-refractivity contribution in [3.05, 3.63) is 46.7 Å². The first-order valence-electron chi connectivity index (χ1n) is 12.1. The van der Waals surface area contributed by atoms with Crippen LogP contribution in [-0.2, 0) is 20.2 Å². The molecule has 0 spiro atoms. The number of nitrogen functional groups attached to an aromatic ring is 1. The van der Waals surface area contributed by atoms with Gasteiger partial charge in [-0.25, -0.2) is 0 Å². The van der Waals surface area contributed by atoms with Crippen molar-refractivity contribution in [2.24, 2.45) is 10.2 Å². The number of hydrogen-bond acceptors (Lipinski definition) is 14. The van der Waals surface area contributed by atoms with Crippen LogP contribution in [0.15, 0.2) is 50.4 Å². The molecule has 16 nitrogen and oxygen atoms in total. The van der Waals surface area contributed by atoms with Gasteiger partial charge in [0.1, 0.15) is 26.9 Å². The van der Waals surface area contributed by atoms with E-state index in [0.717, 1.165) is 5.56 Å². The smallest absolute Gasteiger partial charge is 0.296 e. The average molecular weight is 653 g/mol. The second kappa shape index (κ2) is 11.8. The molecule has 0 fully saturated rings. The number of aromatic nitrogens is 3. The summed E-state index contributed by atoms with van der Waals surface area (Å²) in [7, 11) is -8.65. The van der Waals surface area contributed by atoms with Crippen molar-refractivity contribution < 1.29 is 36.2 Å². The minimum absolute atomic E-state index is 0.0354. The summed E-state index contributed by atoms with van der Waals surface area (Å²) in [6.07, 6.45) is 0. The molecule has 0 saturated heterocycles. The van der Waals surface area contributed by atoms with Crippen LogP contribution in [0.5, 0.6) is 5.75 Å². The van der Waals surface area contributed by atoms with Crippen LogP contribution >= 0.6 is 11.6 Å². The Morgan fingerprint density at radius 2 is 1.65 bits per heavy atom. The van der Waals surface area contributed by atoms with Gasteiger partial charge >= 0.3 is 0 Å². The van der Waals surface area contributed by atoms with Crippen LogP contribution in [0, 0.1) is 13.8 Å². The first kappa shape index (κ1) is 31.7. The SMILES string of the molecule is Cc1cc(O)c2c(N=Nc3cc(S(=O)(=O)O)c(Nc4nc(Cl)nc(N(C)CCO)n4)cc3S(=O)(=O)O)c(N)c(C)cc2c1. The molecular formula is C24H25ClN8O8S2. The van der Waals surface area contributed by atoms with Gasteiger partial charge in [0, 0.05) is 13.6 Å². The number of phenolic OH excluding ortho intramolecular Hbond substituents is 1. The minimum atomic E-state index is -5.09. The molecule has 0 radical (unpaired) electrons. The van der Waals surface area contributed by atoms with Gasteiger partial charge in [0.25, 0.3) is 20.2 Å². The molecule has 228 valence electrons. The molecule has 0 unspecified atom stereocenters. The van der Waals surface area contributed by atoms with E-state index in [9.17, 15) is 36.2 Å². The molecule has 0 atom stereocenters. The number of halogens is 1. The maximum Gasteiger partial charge on any atom is 0.296 e. The molecule has 7 N–H and O–H groups in total. The summed E-state index contributed by atoms with van der Waals surface area (Å²) < 4.78 is 69.5. The van der Waals surface area contributed by atoms with Crippen LogP contribution in [0.2, 0.25) is 5.28 Å². The van der Waals surface area contributed by atoms with Crippen molar-refractivity contribution in [2.45, 2.75) is 23.6 Å². The maximum atomic E-state index is 12.4. The topological polar surface area (TPSA) is 254 Å². The average Bonchev–Trinajstić information content (AvgIpc) is 2.88. The molecular weight excluding hydrogens is 628 g/mol. The van der Waals surface area contributed by atoms with Gasteiger partial charge in [-0.3, -0.25) is 9.11 Å². The summed E-state index contributed by atoms with van der Waals surface area (Å²) >= 11 is 5.95. The lowest BCUT2D eigenvalue weighted by atomic mass is 10.0. The Morgan fingerprint density at radius 3 is 2.28 bits per heavy atom. The Labute approximate surface area is 250 Å². The zero-order valence-electron chi connectivity index (χ0n) is 22.7. The fraction of sp³-hybridized carbons (Fsp3) is 0.208.